The second kappa shape index (κ2) is 4.13. The third kappa shape index (κ3) is 1.59. The summed E-state index contributed by atoms with van der Waals surface area (Å²) in [6.45, 7) is 5.85. The molecule has 1 N–H and O–H groups in total. The first-order valence-corrected chi connectivity index (χ1v) is 7.53. The fourth-order valence-corrected chi connectivity index (χ4v) is 3.72. The number of hydrogen-bond donors (Lipinski definition) is 1. The van der Waals surface area contributed by atoms with Crippen molar-refractivity contribution in [3.63, 3.8) is 0 Å². The zero-order valence-corrected chi connectivity index (χ0v) is 12.9. The zero-order chi connectivity index (χ0) is 15.6. The summed E-state index contributed by atoms with van der Waals surface area (Å²) in [7, 11) is 0. The van der Waals surface area contributed by atoms with Gasteiger partial charge in [0, 0.05) is 16.0 Å². The zero-order valence-electron chi connectivity index (χ0n) is 12.9. The Hall–Kier alpha value is -2.29. The van der Waals surface area contributed by atoms with Crippen LogP contribution in [0, 0.1) is 0 Å². The lowest BCUT2D eigenvalue weighted by Gasteiger charge is -2.37. The lowest BCUT2D eigenvalue weighted by molar-refractivity contribution is 0.289. The molecule has 22 heavy (non-hydrogen) atoms. The largest absolute Gasteiger partial charge is 0.507 e. The average Bonchev–Trinajstić information content (AvgIpc) is 2.77. The van der Waals surface area contributed by atoms with Crippen LogP contribution in [0.15, 0.2) is 36.4 Å². The van der Waals surface area contributed by atoms with Crippen LogP contribution in [0.5, 0.6) is 0 Å². The lowest BCUT2D eigenvalue weighted by Crippen LogP contribution is -2.45. The molecule has 1 heterocycles. The molecule has 0 bridgehead atoms. The minimum Gasteiger partial charge on any atom is -0.507 e. The van der Waals surface area contributed by atoms with Gasteiger partial charge in [0.25, 0.3) is 0 Å². The van der Waals surface area contributed by atoms with Crippen molar-refractivity contribution >= 4 is 17.0 Å². The molecule has 0 saturated carbocycles. The molecule has 1 aliphatic carbocycles. The molecule has 0 saturated heterocycles. The second-order valence-electron chi connectivity index (χ2n) is 6.86. The number of fused-ring (bicyclic) bond motifs is 4. The average molecular weight is 295 g/mol. The summed E-state index contributed by atoms with van der Waals surface area (Å²) in [5.74, 6) is 0.239. The number of nitrogens with zero attached hydrogens (tertiary/aromatic N) is 1. The summed E-state index contributed by atoms with van der Waals surface area (Å²) in [4.78, 5) is 0. The molecular weight excluding hydrogens is 277 g/mol. The van der Waals surface area contributed by atoms with E-state index in [1.807, 2.05) is 44.2 Å². The molecule has 0 atom stereocenters. The molecule has 0 radical (unpaired) electrons. The smallest absolute Gasteiger partial charge is 0.131 e. The van der Waals surface area contributed by atoms with E-state index >= 15 is 0 Å². The monoisotopic (exact) mass is 295 g/mol. The molecule has 1 aliphatic heterocycles. The van der Waals surface area contributed by atoms with Crippen LogP contribution in [0.4, 0.5) is 10.2 Å². The van der Waals surface area contributed by atoms with E-state index in [9.17, 15) is 9.59 Å². The number of anilines is 1. The van der Waals surface area contributed by atoms with Crippen molar-refractivity contribution in [2.45, 2.75) is 32.7 Å². The number of rotatable bonds is 0. The van der Waals surface area contributed by atoms with Gasteiger partial charge in [-0.25, -0.2) is 5.12 Å². The first-order chi connectivity index (χ1) is 10.4. The van der Waals surface area contributed by atoms with E-state index in [0.29, 0.717) is 17.3 Å². The van der Waals surface area contributed by atoms with Crippen LogP contribution in [0.2, 0.25) is 0 Å². The summed E-state index contributed by atoms with van der Waals surface area (Å²) in [5, 5.41) is 13.0. The standard InChI is InChI=1S/C19H18FNO/c1-11-10-19(2,3)21(20)17-9-16-15(8-14(11)17)12-6-4-5-7-13(12)18(16)22/h4-9,22H,10H2,1-3H3. The lowest BCUT2D eigenvalue weighted by atomic mass is 9.88. The molecule has 2 nitrogen and oxygen atoms in total. The highest BCUT2D eigenvalue weighted by Gasteiger charge is 2.34. The van der Waals surface area contributed by atoms with Gasteiger partial charge in [-0.1, -0.05) is 34.3 Å². The molecule has 0 fully saturated rings. The van der Waals surface area contributed by atoms with Crippen molar-refractivity contribution < 1.29 is 9.59 Å². The summed E-state index contributed by atoms with van der Waals surface area (Å²) < 4.78 is 14.8. The highest BCUT2D eigenvalue weighted by Crippen LogP contribution is 2.35. The molecule has 0 amide bonds. The summed E-state index contributed by atoms with van der Waals surface area (Å²) >= 11 is 0. The topological polar surface area (TPSA) is 23.5 Å². The van der Waals surface area contributed by atoms with Gasteiger partial charge in [-0.3, -0.25) is 0 Å². The Morgan fingerprint density at radius 3 is 2.45 bits per heavy atom. The van der Waals surface area contributed by atoms with Gasteiger partial charge < -0.3 is 5.11 Å². The van der Waals surface area contributed by atoms with Crippen molar-refractivity contribution in [3.05, 3.63) is 52.4 Å². The molecule has 4 rings (SSSR count). The van der Waals surface area contributed by atoms with E-state index in [2.05, 4.69) is 6.92 Å². The number of halogens is 1. The van der Waals surface area contributed by atoms with E-state index < -0.39 is 5.54 Å². The Morgan fingerprint density at radius 2 is 1.73 bits per heavy atom. The molecule has 2 aliphatic rings. The van der Waals surface area contributed by atoms with Crippen molar-refractivity contribution in [3.8, 4) is 11.1 Å². The Bertz CT molecular complexity index is 927. The van der Waals surface area contributed by atoms with E-state index in [4.69, 9.17) is 0 Å². The maximum Gasteiger partial charge on any atom is 0.131 e. The van der Waals surface area contributed by atoms with Gasteiger partial charge in [-0.05, 0) is 50.5 Å². The molecule has 2 aromatic rings. The van der Waals surface area contributed by atoms with Crippen molar-refractivity contribution in [1.29, 1.82) is 0 Å². The van der Waals surface area contributed by atoms with Gasteiger partial charge >= 0.3 is 0 Å². The maximum absolute atomic E-state index is 14.8. The molecular formula is C19H18FNO. The summed E-state index contributed by atoms with van der Waals surface area (Å²) in [5.41, 5.74) is 3.99. The molecule has 0 aromatic heterocycles. The Kier molecular flexibility index (Phi) is 2.51. The van der Waals surface area contributed by atoms with Gasteiger partial charge in [0.1, 0.15) is 5.76 Å². The van der Waals surface area contributed by atoms with Crippen LogP contribution in [0.25, 0.3) is 22.5 Å². The summed E-state index contributed by atoms with van der Waals surface area (Å²) in [6, 6.07) is 11.6. The predicted octanol–water partition coefficient (Wildman–Crippen LogP) is 3.43. The van der Waals surface area contributed by atoms with E-state index in [0.717, 1.165) is 27.0 Å². The first-order valence-electron chi connectivity index (χ1n) is 7.53. The SMILES string of the molecule is CC1=c2cc3c(cc2N(F)C(C)(C)C1)=C(O)c1ccccc1-3. The van der Waals surface area contributed by atoms with Gasteiger partial charge in [0.05, 0.1) is 11.2 Å². The van der Waals surface area contributed by atoms with Crippen molar-refractivity contribution in [2.75, 3.05) is 5.12 Å². The molecule has 2 aromatic carbocycles. The molecule has 3 heteroatoms. The Balaban J connectivity index is 2.11. The first kappa shape index (κ1) is 13.4. The molecule has 0 spiro atoms. The van der Waals surface area contributed by atoms with Crippen LogP contribution in [-0.4, -0.2) is 10.6 Å². The Labute approximate surface area is 128 Å². The quantitative estimate of drug-likeness (QED) is 0.753. The van der Waals surface area contributed by atoms with Gasteiger partial charge in [0.2, 0.25) is 0 Å². The van der Waals surface area contributed by atoms with Crippen LogP contribution in [-0.2, 0) is 0 Å². The normalized spacial score (nSPS) is 18.1. The maximum atomic E-state index is 14.8. The van der Waals surface area contributed by atoms with Gasteiger partial charge in [-0.2, -0.15) is 0 Å². The van der Waals surface area contributed by atoms with E-state index in [-0.39, 0.29) is 5.76 Å². The number of aliphatic hydroxyl groups excluding tert-OH is 1. The second-order valence-corrected chi connectivity index (χ2v) is 6.86. The van der Waals surface area contributed by atoms with Crippen LogP contribution in [0.1, 0.15) is 32.8 Å². The van der Waals surface area contributed by atoms with Crippen LogP contribution >= 0.6 is 0 Å². The van der Waals surface area contributed by atoms with Crippen molar-refractivity contribution in [1.82, 2.24) is 0 Å². The third-order valence-electron chi connectivity index (χ3n) is 4.76. The van der Waals surface area contributed by atoms with Crippen molar-refractivity contribution in [2.24, 2.45) is 0 Å². The van der Waals surface area contributed by atoms with Gasteiger partial charge in [-0.15, -0.1) is 0 Å². The van der Waals surface area contributed by atoms with E-state index in [1.54, 1.807) is 6.07 Å². The van der Waals surface area contributed by atoms with Crippen LogP contribution < -0.4 is 15.6 Å². The molecule has 112 valence electrons. The fourth-order valence-electron chi connectivity index (χ4n) is 3.72. The highest BCUT2D eigenvalue weighted by molar-refractivity contribution is 5.88. The fraction of sp³-hybridized carbons (Fsp3) is 0.263. The van der Waals surface area contributed by atoms with Gasteiger partial charge in [0.15, 0.2) is 0 Å². The highest BCUT2D eigenvalue weighted by atomic mass is 19.2. The molecule has 0 unspecified atom stereocenters. The minimum absolute atomic E-state index is 0.239. The number of benzene rings is 2. The Morgan fingerprint density at radius 1 is 1.05 bits per heavy atom. The van der Waals surface area contributed by atoms with Crippen LogP contribution in [0.3, 0.4) is 0 Å². The number of hydrogen-bond acceptors (Lipinski definition) is 2. The predicted molar refractivity (Wildman–Crippen MR) is 87.6 cm³/mol. The van der Waals surface area contributed by atoms with E-state index in [1.165, 1.54) is 5.57 Å². The minimum atomic E-state index is -0.563. The summed E-state index contributed by atoms with van der Waals surface area (Å²) in [6.07, 6.45) is 0.687. The number of aliphatic hydroxyl groups is 1. The third-order valence-corrected chi connectivity index (χ3v) is 4.76.